The van der Waals surface area contributed by atoms with Crippen LogP contribution in [0.3, 0.4) is 0 Å². The summed E-state index contributed by atoms with van der Waals surface area (Å²) in [6.45, 7) is 4.93. The van der Waals surface area contributed by atoms with Crippen LogP contribution in [-0.4, -0.2) is 58.4 Å². The predicted octanol–water partition coefficient (Wildman–Crippen LogP) is 0.595. The monoisotopic (exact) mass is 291 g/mol. The van der Waals surface area contributed by atoms with Gasteiger partial charge < -0.3 is 14.8 Å². The molecule has 2 heterocycles. The number of nitrogens with one attached hydrogen (secondary N) is 1. The Morgan fingerprint density at radius 1 is 1.42 bits per heavy atom. The lowest BCUT2D eigenvalue weighted by atomic mass is 9.81. The van der Waals surface area contributed by atoms with Gasteiger partial charge in [0.25, 0.3) is 0 Å². The van der Waals surface area contributed by atoms with Gasteiger partial charge in [0.2, 0.25) is 0 Å². The van der Waals surface area contributed by atoms with E-state index >= 15 is 0 Å². The quantitative estimate of drug-likeness (QED) is 0.803. The minimum Gasteiger partial charge on any atom is -0.378 e. The molecule has 0 aromatic carbocycles. The number of hydrogen-bond donors (Lipinski definition) is 1. The smallest absolute Gasteiger partial charge is 0.148 e. The Hall–Kier alpha value is -0.170. The van der Waals surface area contributed by atoms with Gasteiger partial charge >= 0.3 is 0 Å². The molecule has 6 heteroatoms. The maximum atomic E-state index is 11.6. The van der Waals surface area contributed by atoms with Crippen molar-refractivity contribution in [2.24, 2.45) is 5.92 Å². The van der Waals surface area contributed by atoms with Gasteiger partial charge in [-0.15, -0.1) is 0 Å². The van der Waals surface area contributed by atoms with Crippen LogP contribution in [0.15, 0.2) is 0 Å². The molecule has 0 amide bonds. The lowest BCUT2D eigenvalue weighted by molar-refractivity contribution is -0.102. The summed E-state index contributed by atoms with van der Waals surface area (Å²) in [5.41, 5.74) is -0.159. The molecule has 2 aliphatic heterocycles. The second-order valence-electron chi connectivity index (χ2n) is 5.84. The molecule has 19 heavy (non-hydrogen) atoms. The molecule has 0 aromatic rings. The summed E-state index contributed by atoms with van der Waals surface area (Å²) in [5, 5.41) is 3.34. The first-order valence-electron chi connectivity index (χ1n) is 7.07. The summed E-state index contributed by atoms with van der Waals surface area (Å²) in [5.74, 6) is 0.563. The molecule has 112 valence electrons. The lowest BCUT2D eigenvalue weighted by Gasteiger charge is -2.40. The molecule has 0 aliphatic carbocycles. The first kappa shape index (κ1) is 15.2. The molecule has 1 N–H and O–H groups in total. The Kier molecular flexibility index (Phi) is 4.87. The summed E-state index contributed by atoms with van der Waals surface area (Å²) in [7, 11) is -2.96. The first-order chi connectivity index (χ1) is 8.94. The van der Waals surface area contributed by atoms with Gasteiger partial charge in [-0.25, -0.2) is 8.42 Å². The van der Waals surface area contributed by atoms with Gasteiger partial charge in [-0.2, -0.15) is 0 Å². The molecule has 2 aliphatic rings. The molecule has 0 radical (unpaired) electrons. The fourth-order valence-corrected chi connectivity index (χ4v) is 4.26. The van der Waals surface area contributed by atoms with Gasteiger partial charge in [-0.3, -0.25) is 0 Å². The van der Waals surface area contributed by atoms with Crippen molar-refractivity contribution in [1.82, 2.24) is 5.32 Å². The Labute approximate surface area is 116 Å². The molecule has 3 atom stereocenters. The van der Waals surface area contributed by atoms with Crippen LogP contribution in [0.25, 0.3) is 0 Å². The van der Waals surface area contributed by atoms with Crippen molar-refractivity contribution in [3.05, 3.63) is 0 Å². The highest BCUT2D eigenvalue weighted by Gasteiger charge is 2.43. The molecule has 2 fully saturated rings. The van der Waals surface area contributed by atoms with E-state index in [0.717, 1.165) is 32.4 Å². The van der Waals surface area contributed by atoms with E-state index < -0.39 is 9.84 Å². The second kappa shape index (κ2) is 6.08. The molecule has 1 spiro atoms. The topological polar surface area (TPSA) is 64.6 Å². The lowest BCUT2D eigenvalue weighted by Crippen LogP contribution is -2.49. The summed E-state index contributed by atoms with van der Waals surface area (Å²) in [4.78, 5) is 0. The number of sulfone groups is 1. The second-order valence-corrected chi connectivity index (χ2v) is 8.03. The summed E-state index contributed by atoms with van der Waals surface area (Å²) in [6.07, 6.45) is 4.07. The van der Waals surface area contributed by atoms with Crippen LogP contribution in [0.1, 0.15) is 26.2 Å². The zero-order chi connectivity index (χ0) is 13.9. The molecular weight excluding hydrogens is 266 g/mol. The minimum absolute atomic E-state index is 0.0291. The molecule has 5 nitrogen and oxygen atoms in total. The van der Waals surface area contributed by atoms with Crippen LogP contribution in [0.5, 0.6) is 0 Å². The average Bonchev–Trinajstić information content (AvgIpc) is 2.75. The van der Waals surface area contributed by atoms with Crippen LogP contribution in [0.4, 0.5) is 0 Å². The largest absolute Gasteiger partial charge is 0.378 e. The van der Waals surface area contributed by atoms with E-state index in [4.69, 9.17) is 9.47 Å². The van der Waals surface area contributed by atoms with Gasteiger partial charge in [-0.05, 0) is 25.3 Å². The van der Waals surface area contributed by atoms with Crippen molar-refractivity contribution in [2.45, 2.75) is 37.8 Å². The summed E-state index contributed by atoms with van der Waals surface area (Å²) in [6, 6.07) is 0.0291. The number of ether oxygens (including phenoxy) is 2. The Bertz CT molecular complexity index is 389. The van der Waals surface area contributed by atoms with E-state index in [9.17, 15) is 8.42 Å². The predicted molar refractivity (Wildman–Crippen MR) is 74.0 cm³/mol. The third kappa shape index (κ3) is 4.15. The van der Waals surface area contributed by atoms with Gasteiger partial charge in [0, 0.05) is 31.9 Å². The van der Waals surface area contributed by atoms with E-state index in [1.54, 1.807) is 0 Å². The van der Waals surface area contributed by atoms with Gasteiger partial charge in [-0.1, -0.05) is 6.92 Å². The fraction of sp³-hybridized carbons (Fsp3) is 1.00. The maximum Gasteiger partial charge on any atom is 0.148 e. The number of hydrogen-bond acceptors (Lipinski definition) is 5. The molecule has 2 rings (SSSR count). The Morgan fingerprint density at radius 2 is 2.21 bits per heavy atom. The van der Waals surface area contributed by atoms with Crippen molar-refractivity contribution >= 4 is 9.84 Å². The highest BCUT2D eigenvalue weighted by molar-refractivity contribution is 7.90. The highest BCUT2D eigenvalue weighted by Crippen LogP contribution is 2.37. The van der Waals surface area contributed by atoms with Crippen LogP contribution in [0.2, 0.25) is 0 Å². The zero-order valence-corrected chi connectivity index (χ0v) is 12.7. The van der Waals surface area contributed by atoms with Crippen LogP contribution in [-0.2, 0) is 19.3 Å². The van der Waals surface area contributed by atoms with Crippen molar-refractivity contribution < 1.29 is 17.9 Å². The van der Waals surface area contributed by atoms with Gasteiger partial charge in [0.15, 0.2) is 0 Å². The van der Waals surface area contributed by atoms with E-state index in [-0.39, 0.29) is 17.4 Å². The highest BCUT2D eigenvalue weighted by atomic mass is 32.2. The zero-order valence-electron chi connectivity index (χ0n) is 11.9. The molecule has 0 bridgehead atoms. The summed E-state index contributed by atoms with van der Waals surface area (Å²) >= 11 is 0. The first-order valence-corrected chi connectivity index (χ1v) is 9.13. The standard InChI is InChI=1S/C13H25NO4S/c1-3-14-12(9-19(2,15)16)11-4-6-18-13(8-11)5-7-17-10-13/h11-12,14H,3-10H2,1-2H3. The van der Waals surface area contributed by atoms with Gasteiger partial charge in [0.1, 0.15) is 9.84 Å². The molecule has 0 aromatic heterocycles. The fourth-order valence-electron chi connectivity index (χ4n) is 3.22. The van der Waals surface area contributed by atoms with Crippen LogP contribution < -0.4 is 5.32 Å². The van der Waals surface area contributed by atoms with E-state index in [1.165, 1.54) is 6.26 Å². The van der Waals surface area contributed by atoms with E-state index in [2.05, 4.69) is 5.32 Å². The van der Waals surface area contributed by atoms with Crippen LogP contribution in [0, 0.1) is 5.92 Å². The Morgan fingerprint density at radius 3 is 2.79 bits per heavy atom. The molecular formula is C13H25NO4S. The third-order valence-electron chi connectivity index (χ3n) is 4.12. The minimum atomic E-state index is -2.96. The third-order valence-corrected chi connectivity index (χ3v) is 5.08. The van der Waals surface area contributed by atoms with Crippen molar-refractivity contribution in [3.8, 4) is 0 Å². The number of rotatable bonds is 5. The van der Waals surface area contributed by atoms with Crippen molar-refractivity contribution in [1.29, 1.82) is 0 Å². The SMILES string of the molecule is CCNC(CS(C)(=O)=O)C1CCOC2(CCOC2)C1. The van der Waals surface area contributed by atoms with Gasteiger partial charge in [0.05, 0.1) is 18.0 Å². The molecule has 3 unspecified atom stereocenters. The Balaban J connectivity index is 2.04. The average molecular weight is 291 g/mol. The maximum absolute atomic E-state index is 11.6. The van der Waals surface area contributed by atoms with Crippen molar-refractivity contribution in [3.63, 3.8) is 0 Å². The van der Waals surface area contributed by atoms with Crippen LogP contribution >= 0.6 is 0 Å². The molecule has 2 saturated heterocycles. The van der Waals surface area contributed by atoms with E-state index in [1.807, 2.05) is 6.92 Å². The normalized spacial score (nSPS) is 33.7. The van der Waals surface area contributed by atoms with E-state index in [0.29, 0.717) is 19.1 Å². The van der Waals surface area contributed by atoms with Crippen molar-refractivity contribution in [2.75, 3.05) is 38.4 Å². The molecule has 0 saturated carbocycles. The summed E-state index contributed by atoms with van der Waals surface area (Å²) < 4.78 is 34.5.